The number of benzene rings is 1. The third-order valence-corrected chi connectivity index (χ3v) is 4.51. The highest BCUT2D eigenvalue weighted by atomic mass is 35.5. The van der Waals surface area contributed by atoms with Gasteiger partial charge in [-0.1, -0.05) is 17.7 Å². The number of aliphatic hydroxyl groups excluding tert-OH is 1. The monoisotopic (exact) mass is 338 g/mol. The third kappa shape index (κ3) is 3.83. The van der Waals surface area contributed by atoms with E-state index < -0.39 is 11.9 Å². The lowest BCUT2D eigenvalue weighted by Crippen LogP contribution is -2.47. The Balaban J connectivity index is 1.56. The lowest BCUT2D eigenvalue weighted by atomic mass is 10.1. The number of nitrogens with zero attached hydrogens (tertiary/aromatic N) is 4. The van der Waals surface area contributed by atoms with Gasteiger partial charge in [-0.05, 0) is 12.1 Å². The fourth-order valence-electron chi connectivity index (χ4n) is 2.87. The highest BCUT2D eigenvalue weighted by Crippen LogP contribution is 2.25. The Morgan fingerprint density at radius 3 is 2.65 bits per heavy atom. The van der Waals surface area contributed by atoms with Gasteiger partial charge in [0, 0.05) is 56.6 Å². The molecule has 0 saturated carbocycles. The van der Waals surface area contributed by atoms with Crippen LogP contribution in [0.1, 0.15) is 11.7 Å². The Kier molecular flexibility index (Phi) is 4.84. The molecule has 1 aliphatic heterocycles. The van der Waals surface area contributed by atoms with Gasteiger partial charge < -0.3 is 10.0 Å². The van der Waals surface area contributed by atoms with Crippen LogP contribution in [0.2, 0.25) is 5.02 Å². The van der Waals surface area contributed by atoms with E-state index in [9.17, 15) is 9.50 Å². The molecule has 5 nitrogen and oxygen atoms in total. The molecule has 7 heteroatoms. The Labute approximate surface area is 139 Å². The highest BCUT2D eigenvalue weighted by Gasteiger charge is 2.22. The Bertz CT molecular complexity index is 670. The number of anilines is 1. The van der Waals surface area contributed by atoms with E-state index in [-0.39, 0.29) is 5.02 Å². The number of β-amino-alcohol motifs (C(OH)–C–C–N with tert-alkyl or cyclic N) is 1. The molecule has 23 heavy (non-hydrogen) atoms. The molecule has 1 aromatic carbocycles. The van der Waals surface area contributed by atoms with Gasteiger partial charge in [0.05, 0.1) is 18.0 Å². The van der Waals surface area contributed by atoms with Gasteiger partial charge in [0.1, 0.15) is 5.82 Å². The predicted molar refractivity (Wildman–Crippen MR) is 88.2 cm³/mol. The molecular formula is C16H20ClFN4O. The van der Waals surface area contributed by atoms with Crippen LogP contribution in [-0.2, 0) is 7.05 Å². The summed E-state index contributed by atoms with van der Waals surface area (Å²) in [5.41, 5.74) is 1.69. The van der Waals surface area contributed by atoms with Crippen LogP contribution in [-0.4, -0.2) is 52.5 Å². The molecule has 1 fully saturated rings. The molecule has 3 rings (SSSR count). The van der Waals surface area contributed by atoms with Gasteiger partial charge in [-0.25, -0.2) is 4.39 Å². The minimum atomic E-state index is -0.715. The lowest BCUT2D eigenvalue weighted by molar-refractivity contribution is 0.109. The second kappa shape index (κ2) is 6.86. The molecule has 124 valence electrons. The van der Waals surface area contributed by atoms with E-state index in [1.165, 1.54) is 12.1 Å². The van der Waals surface area contributed by atoms with E-state index in [1.807, 2.05) is 19.4 Å². The Hall–Kier alpha value is -1.63. The second-order valence-electron chi connectivity index (χ2n) is 5.84. The summed E-state index contributed by atoms with van der Waals surface area (Å²) in [6, 6.07) is 4.11. The number of hydrogen-bond donors (Lipinski definition) is 1. The first-order valence-corrected chi connectivity index (χ1v) is 7.99. The SMILES string of the molecule is Cn1cc(N2CCN(CC(O)c3ccc(F)cc3Cl)CC2)cn1. The summed E-state index contributed by atoms with van der Waals surface area (Å²) < 4.78 is 14.9. The first-order valence-electron chi connectivity index (χ1n) is 7.62. The lowest BCUT2D eigenvalue weighted by Gasteiger charge is -2.36. The molecule has 1 atom stereocenters. The van der Waals surface area contributed by atoms with Crippen LogP contribution in [0.25, 0.3) is 0 Å². The highest BCUT2D eigenvalue weighted by molar-refractivity contribution is 6.31. The summed E-state index contributed by atoms with van der Waals surface area (Å²) in [4.78, 5) is 4.47. The van der Waals surface area contributed by atoms with E-state index in [1.54, 1.807) is 10.7 Å². The van der Waals surface area contributed by atoms with Crippen molar-refractivity contribution < 1.29 is 9.50 Å². The maximum Gasteiger partial charge on any atom is 0.124 e. The molecule has 1 aliphatic rings. The van der Waals surface area contributed by atoms with Crippen molar-refractivity contribution in [2.75, 3.05) is 37.6 Å². The first kappa shape index (κ1) is 16.2. The van der Waals surface area contributed by atoms with Crippen molar-refractivity contribution in [2.45, 2.75) is 6.10 Å². The second-order valence-corrected chi connectivity index (χ2v) is 6.25. The predicted octanol–water partition coefficient (Wildman–Crippen LogP) is 2.07. The molecule has 2 aromatic rings. The van der Waals surface area contributed by atoms with Crippen molar-refractivity contribution in [3.8, 4) is 0 Å². The van der Waals surface area contributed by atoms with Crippen molar-refractivity contribution in [1.29, 1.82) is 0 Å². The number of halogens is 2. The van der Waals surface area contributed by atoms with Crippen molar-refractivity contribution in [3.63, 3.8) is 0 Å². The molecule has 1 N–H and O–H groups in total. The maximum absolute atomic E-state index is 13.1. The van der Waals surface area contributed by atoms with Crippen molar-refractivity contribution >= 4 is 17.3 Å². The zero-order valence-corrected chi connectivity index (χ0v) is 13.7. The quantitative estimate of drug-likeness (QED) is 0.927. The molecule has 0 radical (unpaired) electrons. The minimum Gasteiger partial charge on any atom is -0.387 e. The van der Waals surface area contributed by atoms with Crippen LogP contribution in [0.15, 0.2) is 30.6 Å². The largest absolute Gasteiger partial charge is 0.387 e. The van der Waals surface area contributed by atoms with Crippen molar-refractivity contribution in [1.82, 2.24) is 14.7 Å². The van der Waals surface area contributed by atoms with Gasteiger partial charge in [-0.3, -0.25) is 9.58 Å². The summed E-state index contributed by atoms with van der Waals surface area (Å²) in [7, 11) is 1.91. The molecule has 1 unspecified atom stereocenters. The summed E-state index contributed by atoms with van der Waals surface area (Å²) in [5, 5.41) is 14.8. The number of rotatable bonds is 4. The van der Waals surface area contributed by atoms with Gasteiger partial charge in [-0.2, -0.15) is 5.10 Å². The van der Waals surface area contributed by atoms with Crippen LogP contribution in [0.4, 0.5) is 10.1 Å². The number of aryl methyl sites for hydroxylation is 1. The van der Waals surface area contributed by atoms with Crippen LogP contribution in [0.5, 0.6) is 0 Å². The average Bonchev–Trinajstić information content (AvgIpc) is 2.94. The number of hydrogen-bond acceptors (Lipinski definition) is 4. The maximum atomic E-state index is 13.1. The van der Waals surface area contributed by atoms with Crippen molar-refractivity contribution in [3.05, 3.63) is 47.0 Å². The zero-order chi connectivity index (χ0) is 16.4. The standard InChI is InChI=1S/C16H20ClFN4O/c1-20-10-13(9-19-20)22-6-4-21(5-7-22)11-16(23)14-3-2-12(18)8-15(14)17/h2-3,8-10,16,23H,4-7,11H2,1H3. The number of aliphatic hydroxyl groups is 1. The number of piperazine rings is 1. The van der Waals surface area contributed by atoms with E-state index in [0.29, 0.717) is 12.1 Å². The molecule has 0 aliphatic carbocycles. The fraction of sp³-hybridized carbons (Fsp3) is 0.438. The van der Waals surface area contributed by atoms with Gasteiger partial charge in [-0.15, -0.1) is 0 Å². The van der Waals surface area contributed by atoms with Gasteiger partial charge in [0.15, 0.2) is 0 Å². The molecule has 1 saturated heterocycles. The van der Waals surface area contributed by atoms with E-state index in [2.05, 4.69) is 14.9 Å². The normalized spacial score (nSPS) is 17.5. The zero-order valence-electron chi connectivity index (χ0n) is 13.0. The van der Waals surface area contributed by atoms with Gasteiger partial charge >= 0.3 is 0 Å². The molecule has 2 heterocycles. The van der Waals surface area contributed by atoms with Gasteiger partial charge in [0.25, 0.3) is 0 Å². The van der Waals surface area contributed by atoms with E-state index >= 15 is 0 Å². The summed E-state index contributed by atoms with van der Waals surface area (Å²) in [5.74, 6) is -0.393. The first-order chi connectivity index (χ1) is 11.0. The molecular weight excluding hydrogens is 319 g/mol. The molecule has 0 amide bonds. The topological polar surface area (TPSA) is 44.5 Å². The van der Waals surface area contributed by atoms with Crippen LogP contribution < -0.4 is 4.90 Å². The van der Waals surface area contributed by atoms with Crippen LogP contribution >= 0.6 is 11.6 Å². The van der Waals surface area contributed by atoms with E-state index in [4.69, 9.17) is 11.6 Å². The van der Waals surface area contributed by atoms with E-state index in [0.717, 1.165) is 31.9 Å². The van der Waals surface area contributed by atoms with Crippen LogP contribution in [0, 0.1) is 5.82 Å². The summed E-state index contributed by atoms with van der Waals surface area (Å²) in [6.07, 6.45) is 3.15. The minimum absolute atomic E-state index is 0.270. The smallest absolute Gasteiger partial charge is 0.124 e. The van der Waals surface area contributed by atoms with Crippen LogP contribution in [0.3, 0.4) is 0 Å². The Morgan fingerprint density at radius 2 is 2.04 bits per heavy atom. The Morgan fingerprint density at radius 1 is 1.30 bits per heavy atom. The molecule has 0 spiro atoms. The summed E-state index contributed by atoms with van der Waals surface area (Å²) in [6.45, 7) is 3.97. The number of aromatic nitrogens is 2. The summed E-state index contributed by atoms with van der Waals surface area (Å²) >= 11 is 6.01. The van der Waals surface area contributed by atoms with Crippen molar-refractivity contribution in [2.24, 2.45) is 7.05 Å². The fourth-order valence-corrected chi connectivity index (χ4v) is 3.17. The third-order valence-electron chi connectivity index (χ3n) is 4.18. The molecule has 1 aromatic heterocycles. The van der Waals surface area contributed by atoms with Gasteiger partial charge in [0.2, 0.25) is 0 Å². The molecule has 0 bridgehead atoms. The average molecular weight is 339 g/mol.